The van der Waals surface area contributed by atoms with Gasteiger partial charge in [0.1, 0.15) is 0 Å². The van der Waals surface area contributed by atoms with Crippen LogP contribution in [-0.4, -0.2) is 63.5 Å². The minimum absolute atomic E-state index is 0.0155. The molecule has 0 fully saturated rings. The van der Waals surface area contributed by atoms with Crippen molar-refractivity contribution in [1.29, 1.82) is 0 Å². The van der Waals surface area contributed by atoms with E-state index in [1.165, 1.54) is 31.4 Å². The third kappa shape index (κ3) is 15.3. The van der Waals surface area contributed by atoms with Crippen molar-refractivity contribution in [2.24, 2.45) is 0 Å². The van der Waals surface area contributed by atoms with Gasteiger partial charge in [0.2, 0.25) is 12.2 Å². The number of halogens is 11. The van der Waals surface area contributed by atoms with Crippen LogP contribution in [0.3, 0.4) is 0 Å². The molecule has 11 nitrogen and oxygen atoms in total. The molecule has 2 heterocycles. The number of hydrogen-bond donors (Lipinski definition) is 1. The third-order valence-electron chi connectivity index (χ3n) is 11.5. The Bertz CT molecular complexity index is 3760. The van der Waals surface area contributed by atoms with E-state index in [-0.39, 0.29) is 59.7 Å². The number of carboxylic acid groups (broad SMARTS) is 1. The van der Waals surface area contributed by atoms with Gasteiger partial charge in [0.25, 0.3) is 5.24 Å². The smallest absolute Gasteiger partial charge is 0.347 e. The summed E-state index contributed by atoms with van der Waals surface area (Å²) in [5, 5.41) is 13.5. The van der Waals surface area contributed by atoms with Crippen LogP contribution in [0.4, 0.5) is 0 Å². The number of aliphatic carboxylic acids is 1. The molecule has 0 saturated carbocycles. The molecule has 0 amide bonds. The molecule has 2 aromatic heterocycles. The lowest BCUT2D eigenvalue weighted by atomic mass is 10.0. The summed E-state index contributed by atoms with van der Waals surface area (Å²) in [7, 11) is 1.22. The maximum Gasteiger partial charge on any atom is 0.347 e. The Morgan fingerprint density at radius 2 is 0.762 bits per heavy atom. The molecule has 0 spiro atoms. The molecule has 0 saturated heterocycles. The number of rotatable bonds is 13. The number of carbonyl (C=O) groups is 5. The molecule has 9 aromatic rings. The number of nitrogens with zero attached hydrogens (tertiary/aromatic N) is 2. The fraction of sp³-hybridized carbons (Fsp3) is 0.0862. The summed E-state index contributed by atoms with van der Waals surface area (Å²) in [5.74, 6) is -3.73. The molecule has 408 valence electrons. The highest BCUT2D eigenvalue weighted by molar-refractivity contribution is 6.70. The first kappa shape index (κ1) is 61.7. The van der Waals surface area contributed by atoms with Gasteiger partial charge in [-0.25, -0.2) is 29.1 Å². The number of methoxy groups -OCH3 is 1. The van der Waals surface area contributed by atoms with E-state index in [4.69, 9.17) is 142 Å². The van der Waals surface area contributed by atoms with Crippen molar-refractivity contribution in [1.82, 2.24) is 9.97 Å². The number of ether oxygens (including phenoxy) is 3. The maximum atomic E-state index is 12.7. The number of carbonyl (C=O) groups excluding carboxylic acids is 4. The van der Waals surface area contributed by atoms with E-state index in [2.05, 4.69) is 9.97 Å². The summed E-state index contributed by atoms with van der Waals surface area (Å²) in [6.07, 6.45) is -2.62. The molecule has 0 aliphatic heterocycles. The number of esters is 3. The van der Waals surface area contributed by atoms with Gasteiger partial charge in [-0.05, 0) is 120 Å². The first-order valence-electron chi connectivity index (χ1n) is 23.1. The standard InChI is InChI=1S/C26H17Cl4NO4.C25H15Cl4NO4.C7H3Cl3O/c1-34-25(32)22(35-26(33)24-18(29)6-3-7-19(24)30)13-14-8-10-20-15(12-14)9-11-21(31-20)23-16(27)4-2-5-17(23)28;26-15-3-1-4-16(27)22(15)20-10-8-14-11-13(7-9-19(14)30-20)12-21(24(31)32)34-25(33)23-17(28)5-2-6-18(23)29;8-4-2-1-3-5(9)6(4)7(10)11/h2-12,22H,13H2,1H3;1-11,21H,12H2,(H,31,32);1-3H. The van der Waals surface area contributed by atoms with E-state index in [9.17, 15) is 29.1 Å². The minimum atomic E-state index is -1.44. The average Bonchev–Trinajstić information content (AvgIpc) is 3.47. The van der Waals surface area contributed by atoms with Crippen molar-refractivity contribution in [3.8, 4) is 22.5 Å². The lowest BCUT2D eigenvalue weighted by molar-refractivity contribution is -0.150. The summed E-state index contributed by atoms with van der Waals surface area (Å²) in [6, 6.07) is 42.4. The summed E-state index contributed by atoms with van der Waals surface area (Å²) >= 11 is 66.0. The first-order valence-corrected chi connectivity index (χ1v) is 27.2. The molecular weight excluding hydrogens is 1260 g/mol. The van der Waals surface area contributed by atoms with Crippen LogP contribution in [0.25, 0.3) is 44.3 Å². The van der Waals surface area contributed by atoms with Gasteiger partial charge in [-0.2, -0.15) is 0 Å². The van der Waals surface area contributed by atoms with Gasteiger partial charge in [0.05, 0.1) is 96.4 Å². The maximum absolute atomic E-state index is 12.7. The zero-order chi connectivity index (χ0) is 57.9. The lowest BCUT2D eigenvalue weighted by Crippen LogP contribution is -2.30. The van der Waals surface area contributed by atoms with Gasteiger partial charge in [0, 0.05) is 34.7 Å². The van der Waals surface area contributed by atoms with E-state index in [0.29, 0.717) is 59.2 Å². The monoisotopic (exact) mass is 1290 g/mol. The molecule has 2 atom stereocenters. The van der Waals surface area contributed by atoms with Gasteiger partial charge >= 0.3 is 23.9 Å². The van der Waals surface area contributed by atoms with Crippen LogP contribution < -0.4 is 0 Å². The fourth-order valence-electron chi connectivity index (χ4n) is 7.73. The predicted molar refractivity (Wildman–Crippen MR) is 319 cm³/mol. The Balaban J connectivity index is 0.000000194. The van der Waals surface area contributed by atoms with Gasteiger partial charge in [-0.15, -0.1) is 0 Å². The average molecular weight is 1290 g/mol. The molecular formula is C58H35Cl11N2O9. The molecule has 0 radical (unpaired) electrons. The van der Waals surface area contributed by atoms with Crippen LogP contribution >= 0.6 is 128 Å². The van der Waals surface area contributed by atoms with E-state index in [1.54, 1.807) is 103 Å². The largest absolute Gasteiger partial charge is 0.478 e. The van der Waals surface area contributed by atoms with Gasteiger partial charge in [-0.1, -0.05) is 171 Å². The van der Waals surface area contributed by atoms with Crippen molar-refractivity contribution >= 4 is 179 Å². The molecule has 1 N–H and O–H groups in total. The minimum Gasteiger partial charge on any atom is -0.478 e. The second kappa shape index (κ2) is 28.2. The van der Waals surface area contributed by atoms with Crippen LogP contribution in [0.1, 0.15) is 42.2 Å². The number of aromatic nitrogens is 2. The molecule has 80 heavy (non-hydrogen) atoms. The van der Waals surface area contributed by atoms with Crippen LogP contribution in [0.2, 0.25) is 50.2 Å². The zero-order valence-electron chi connectivity index (χ0n) is 40.8. The number of pyridine rings is 2. The Morgan fingerprint density at radius 3 is 1.09 bits per heavy atom. The third-order valence-corrected chi connectivity index (χ3v) is 14.9. The van der Waals surface area contributed by atoms with E-state index < -0.39 is 41.3 Å². The first-order chi connectivity index (χ1) is 38.1. The number of carboxylic acids is 1. The molecule has 2 unspecified atom stereocenters. The Kier molecular flexibility index (Phi) is 21.7. The van der Waals surface area contributed by atoms with Crippen molar-refractivity contribution in [2.75, 3.05) is 7.11 Å². The number of benzene rings is 7. The van der Waals surface area contributed by atoms with E-state index >= 15 is 0 Å². The van der Waals surface area contributed by atoms with Gasteiger partial charge < -0.3 is 19.3 Å². The Morgan fingerprint density at radius 1 is 0.438 bits per heavy atom. The number of hydrogen-bond acceptors (Lipinski definition) is 10. The molecule has 0 aliphatic carbocycles. The zero-order valence-corrected chi connectivity index (χ0v) is 49.1. The predicted octanol–water partition coefficient (Wildman–Crippen LogP) is 18.2. The fourth-order valence-corrected chi connectivity index (χ4v) is 10.9. The van der Waals surface area contributed by atoms with Crippen LogP contribution in [0, 0.1) is 0 Å². The summed E-state index contributed by atoms with van der Waals surface area (Å²) in [5.41, 5.74) is 5.36. The Hall–Kier alpha value is -5.90. The highest BCUT2D eigenvalue weighted by Crippen LogP contribution is 2.37. The highest BCUT2D eigenvalue weighted by atomic mass is 35.5. The van der Waals surface area contributed by atoms with Crippen LogP contribution in [-0.2, 0) is 36.6 Å². The summed E-state index contributed by atoms with van der Waals surface area (Å²) in [6.45, 7) is 0. The second-order valence-electron chi connectivity index (χ2n) is 16.8. The SMILES string of the molecule is COC(=O)C(Cc1ccc2nc(-c3c(Cl)cccc3Cl)ccc2c1)OC(=O)c1c(Cl)cccc1Cl.O=C(Cl)c1c(Cl)cccc1Cl.O=C(OC(Cc1ccc2nc(-c3c(Cl)cccc3Cl)ccc2c1)C(=O)O)c1c(Cl)cccc1Cl. The normalized spacial score (nSPS) is 11.6. The van der Waals surface area contributed by atoms with E-state index in [1.807, 2.05) is 24.3 Å². The molecule has 0 bridgehead atoms. The van der Waals surface area contributed by atoms with Crippen molar-refractivity contribution in [3.05, 3.63) is 230 Å². The van der Waals surface area contributed by atoms with Gasteiger partial charge in [-0.3, -0.25) is 4.79 Å². The van der Waals surface area contributed by atoms with Crippen molar-refractivity contribution < 1.29 is 43.3 Å². The molecule has 9 rings (SSSR count). The molecule has 22 heteroatoms. The quantitative estimate of drug-likeness (QED) is 0.0665. The van der Waals surface area contributed by atoms with Crippen LogP contribution in [0.5, 0.6) is 0 Å². The molecule has 7 aromatic carbocycles. The summed E-state index contributed by atoms with van der Waals surface area (Å²) < 4.78 is 15.5. The van der Waals surface area contributed by atoms with Crippen molar-refractivity contribution in [2.45, 2.75) is 25.0 Å². The lowest BCUT2D eigenvalue weighted by Gasteiger charge is -2.17. The van der Waals surface area contributed by atoms with E-state index in [0.717, 1.165) is 16.3 Å². The Labute approximate surface area is 512 Å². The van der Waals surface area contributed by atoms with Crippen molar-refractivity contribution in [3.63, 3.8) is 0 Å². The van der Waals surface area contributed by atoms with Gasteiger partial charge in [0.15, 0.2) is 0 Å². The topological polar surface area (TPSA) is 159 Å². The summed E-state index contributed by atoms with van der Waals surface area (Å²) in [4.78, 5) is 69.4. The van der Waals surface area contributed by atoms with Crippen LogP contribution in [0.15, 0.2) is 152 Å². The second-order valence-corrected chi connectivity index (χ2v) is 21.2. The molecule has 0 aliphatic rings. The highest BCUT2D eigenvalue weighted by Gasteiger charge is 2.29. The number of fused-ring (bicyclic) bond motifs is 2.